The molecule has 0 aliphatic rings. The van der Waals surface area contributed by atoms with E-state index in [4.69, 9.17) is 11.6 Å². The van der Waals surface area contributed by atoms with Crippen molar-refractivity contribution in [2.45, 2.75) is 11.8 Å². The number of hydrogen-bond acceptors (Lipinski definition) is 3. The highest BCUT2D eigenvalue weighted by Gasteiger charge is 2.28. The molecule has 4 aromatic carbocycles. The van der Waals surface area contributed by atoms with E-state index in [0.29, 0.717) is 22.0 Å². The van der Waals surface area contributed by atoms with Crippen LogP contribution in [-0.2, 0) is 14.8 Å². The Labute approximate surface area is 192 Å². The van der Waals surface area contributed by atoms with E-state index in [9.17, 15) is 13.2 Å². The molecular formula is C25H21ClN2O3S. The Morgan fingerprint density at radius 2 is 1.53 bits per heavy atom. The Hall–Kier alpha value is -3.35. The highest BCUT2D eigenvalue weighted by Crippen LogP contribution is 2.31. The molecule has 0 radical (unpaired) electrons. The molecule has 0 spiro atoms. The average molecular weight is 465 g/mol. The number of fused-ring (bicyclic) bond motifs is 1. The predicted octanol–water partition coefficient (Wildman–Crippen LogP) is 5.64. The zero-order valence-corrected chi connectivity index (χ0v) is 18.9. The second-order valence-electron chi connectivity index (χ2n) is 7.28. The number of amides is 1. The van der Waals surface area contributed by atoms with Gasteiger partial charge in [0, 0.05) is 16.1 Å². The summed E-state index contributed by atoms with van der Waals surface area (Å²) < 4.78 is 28.1. The van der Waals surface area contributed by atoms with Crippen molar-refractivity contribution >= 4 is 49.7 Å². The molecule has 162 valence electrons. The molecule has 0 unspecified atom stereocenters. The normalized spacial score (nSPS) is 11.3. The van der Waals surface area contributed by atoms with Crippen LogP contribution >= 0.6 is 11.6 Å². The summed E-state index contributed by atoms with van der Waals surface area (Å²) in [7, 11) is -4.01. The van der Waals surface area contributed by atoms with Crippen LogP contribution < -0.4 is 9.62 Å². The molecular weight excluding hydrogens is 444 g/mol. The fourth-order valence-corrected chi connectivity index (χ4v) is 5.21. The lowest BCUT2D eigenvalue weighted by atomic mass is 10.1. The topological polar surface area (TPSA) is 66.5 Å². The van der Waals surface area contributed by atoms with Crippen molar-refractivity contribution in [3.63, 3.8) is 0 Å². The van der Waals surface area contributed by atoms with Crippen molar-refractivity contribution in [1.29, 1.82) is 0 Å². The standard InChI is InChI=1S/C25H21ClN2O3S/c1-18-22(26)14-8-16-24(18)28(32(30,31)20-11-3-2-4-12-20)17-25(29)27-23-15-7-10-19-9-5-6-13-21(19)23/h2-16H,17H2,1H3,(H,27,29). The van der Waals surface area contributed by atoms with Crippen LogP contribution in [0.3, 0.4) is 0 Å². The quantitative estimate of drug-likeness (QED) is 0.401. The van der Waals surface area contributed by atoms with Gasteiger partial charge in [0.15, 0.2) is 0 Å². The summed E-state index contributed by atoms with van der Waals surface area (Å²) in [5.74, 6) is -0.458. The van der Waals surface area contributed by atoms with Gasteiger partial charge in [0.1, 0.15) is 6.54 Å². The minimum Gasteiger partial charge on any atom is -0.324 e. The Morgan fingerprint density at radius 1 is 0.875 bits per heavy atom. The van der Waals surface area contributed by atoms with Gasteiger partial charge < -0.3 is 5.32 Å². The number of carbonyl (C=O) groups is 1. The van der Waals surface area contributed by atoms with E-state index in [-0.39, 0.29) is 4.90 Å². The van der Waals surface area contributed by atoms with E-state index in [1.54, 1.807) is 49.4 Å². The third-order valence-electron chi connectivity index (χ3n) is 5.19. The summed E-state index contributed by atoms with van der Waals surface area (Å²) in [5.41, 5.74) is 1.55. The van der Waals surface area contributed by atoms with Crippen LogP contribution in [0.15, 0.2) is 95.9 Å². The van der Waals surface area contributed by atoms with Gasteiger partial charge in [0.25, 0.3) is 10.0 Å². The van der Waals surface area contributed by atoms with Gasteiger partial charge >= 0.3 is 0 Å². The van der Waals surface area contributed by atoms with Gasteiger partial charge in [-0.3, -0.25) is 9.10 Å². The van der Waals surface area contributed by atoms with Crippen LogP contribution in [0.1, 0.15) is 5.56 Å². The largest absolute Gasteiger partial charge is 0.324 e. The lowest BCUT2D eigenvalue weighted by Gasteiger charge is -2.26. The van der Waals surface area contributed by atoms with E-state index in [2.05, 4.69) is 5.32 Å². The molecule has 0 fully saturated rings. The first-order chi connectivity index (χ1) is 15.4. The first-order valence-electron chi connectivity index (χ1n) is 9.98. The highest BCUT2D eigenvalue weighted by atomic mass is 35.5. The molecule has 0 heterocycles. The van der Waals surface area contributed by atoms with E-state index in [0.717, 1.165) is 15.1 Å². The summed E-state index contributed by atoms with van der Waals surface area (Å²) in [4.78, 5) is 13.2. The molecule has 4 aromatic rings. The Morgan fingerprint density at radius 3 is 2.31 bits per heavy atom. The SMILES string of the molecule is Cc1c(Cl)cccc1N(CC(=O)Nc1cccc2ccccc12)S(=O)(=O)c1ccccc1. The smallest absolute Gasteiger partial charge is 0.264 e. The lowest BCUT2D eigenvalue weighted by molar-refractivity contribution is -0.114. The Balaban J connectivity index is 1.72. The second-order valence-corrected chi connectivity index (χ2v) is 9.55. The number of benzene rings is 4. The second kappa shape index (κ2) is 9.02. The van der Waals surface area contributed by atoms with Crippen LogP contribution in [0, 0.1) is 6.92 Å². The van der Waals surface area contributed by atoms with Crippen LogP contribution in [0.4, 0.5) is 11.4 Å². The fraction of sp³-hybridized carbons (Fsp3) is 0.0800. The molecule has 0 saturated heterocycles. The minimum absolute atomic E-state index is 0.0948. The number of nitrogens with one attached hydrogen (secondary N) is 1. The molecule has 0 atom stereocenters. The van der Waals surface area contributed by atoms with Gasteiger partial charge in [-0.25, -0.2) is 8.42 Å². The number of sulfonamides is 1. The van der Waals surface area contributed by atoms with Crippen LogP contribution in [0.2, 0.25) is 5.02 Å². The van der Waals surface area contributed by atoms with Crippen LogP contribution in [0.25, 0.3) is 10.8 Å². The molecule has 7 heteroatoms. The molecule has 32 heavy (non-hydrogen) atoms. The van der Waals surface area contributed by atoms with Crippen LogP contribution in [-0.4, -0.2) is 20.9 Å². The predicted molar refractivity (Wildman–Crippen MR) is 130 cm³/mol. The molecule has 1 N–H and O–H groups in total. The van der Waals surface area contributed by atoms with Crippen molar-refractivity contribution in [3.8, 4) is 0 Å². The maximum atomic E-state index is 13.5. The number of rotatable bonds is 6. The van der Waals surface area contributed by atoms with Gasteiger partial charge in [-0.1, -0.05) is 72.3 Å². The van der Waals surface area contributed by atoms with E-state index in [1.807, 2.05) is 36.4 Å². The Bertz CT molecular complexity index is 1380. The van der Waals surface area contributed by atoms with Gasteiger partial charge in [-0.05, 0) is 48.2 Å². The molecule has 0 saturated carbocycles. The first kappa shape index (κ1) is 21.9. The van der Waals surface area contributed by atoms with E-state index in [1.165, 1.54) is 12.1 Å². The average Bonchev–Trinajstić information content (AvgIpc) is 2.80. The van der Waals surface area contributed by atoms with Crippen molar-refractivity contribution in [2.75, 3.05) is 16.2 Å². The lowest BCUT2D eigenvalue weighted by Crippen LogP contribution is -2.38. The van der Waals surface area contributed by atoms with Gasteiger partial charge in [0.2, 0.25) is 5.91 Å². The van der Waals surface area contributed by atoms with E-state index >= 15 is 0 Å². The van der Waals surface area contributed by atoms with Gasteiger partial charge in [0.05, 0.1) is 10.6 Å². The molecule has 0 aliphatic heterocycles. The third kappa shape index (κ3) is 4.33. The molecule has 0 bridgehead atoms. The molecule has 0 aromatic heterocycles. The fourth-order valence-electron chi connectivity index (χ4n) is 3.54. The number of nitrogens with zero attached hydrogens (tertiary/aromatic N) is 1. The summed E-state index contributed by atoms with van der Waals surface area (Å²) in [5, 5.41) is 5.14. The van der Waals surface area contributed by atoms with E-state index < -0.39 is 22.5 Å². The number of anilines is 2. The minimum atomic E-state index is -4.01. The number of hydrogen-bond donors (Lipinski definition) is 1. The van der Waals surface area contributed by atoms with Gasteiger partial charge in [-0.2, -0.15) is 0 Å². The first-order valence-corrected chi connectivity index (χ1v) is 11.8. The molecule has 4 rings (SSSR count). The summed E-state index contributed by atoms with van der Waals surface area (Å²) in [6.07, 6.45) is 0. The third-order valence-corrected chi connectivity index (χ3v) is 7.37. The summed E-state index contributed by atoms with van der Waals surface area (Å²) >= 11 is 6.26. The van der Waals surface area contributed by atoms with Crippen molar-refractivity contribution in [3.05, 3.63) is 102 Å². The maximum Gasteiger partial charge on any atom is 0.264 e. The Kier molecular flexibility index (Phi) is 6.17. The molecule has 0 aliphatic carbocycles. The number of carbonyl (C=O) groups excluding carboxylic acids is 1. The van der Waals surface area contributed by atoms with Crippen molar-refractivity contribution in [1.82, 2.24) is 0 Å². The van der Waals surface area contributed by atoms with Crippen molar-refractivity contribution in [2.24, 2.45) is 0 Å². The monoisotopic (exact) mass is 464 g/mol. The molecule has 5 nitrogen and oxygen atoms in total. The highest BCUT2D eigenvalue weighted by molar-refractivity contribution is 7.92. The zero-order valence-electron chi connectivity index (χ0n) is 17.3. The summed E-state index contributed by atoms with van der Waals surface area (Å²) in [6, 6.07) is 26.3. The van der Waals surface area contributed by atoms with Crippen LogP contribution in [0.5, 0.6) is 0 Å². The van der Waals surface area contributed by atoms with Gasteiger partial charge in [-0.15, -0.1) is 0 Å². The zero-order chi connectivity index (χ0) is 22.7. The molecule has 1 amide bonds. The summed E-state index contributed by atoms with van der Waals surface area (Å²) in [6.45, 7) is 1.33. The maximum absolute atomic E-state index is 13.5. The number of halogens is 1. The van der Waals surface area contributed by atoms with Crippen molar-refractivity contribution < 1.29 is 13.2 Å².